The van der Waals surface area contributed by atoms with Crippen LogP contribution in [0.15, 0.2) is 30.6 Å². The highest BCUT2D eigenvalue weighted by atomic mass is 35.5. The van der Waals surface area contributed by atoms with Gasteiger partial charge in [-0.1, -0.05) is 11.6 Å². The Morgan fingerprint density at radius 1 is 1.21 bits per heavy atom. The predicted octanol–water partition coefficient (Wildman–Crippen LogP) is 5.38. The van der Waals surface area contributed by atoms with E-state index in [4.69, 9.17) is 25.8 Å². The molecule has 2 aromatic carbocycles. The number of nitrogens with one attached hydrogen (secondary N) is 1. The van der Waals surface area contributed by atoms with Crippen molar-refractivity contribution in [3.05, 3.63) is 47.0 Å². The lowest BCUT2D eigenvalue weighted by Gasteiger charge is -2.25. The van der Waals surface area contributed by atoms with Gasteiger partial charge in [-0.25, -0.2) is 14.4 Å². The van der Waals surface area contributed by atoms with Gasteiger partial charge in [0.05, 0.1) is 29.8 Å². The molecule has 1 aliphatic rings. The van der Waals surface area contributed by atoms with Crippen LogP contribution in [0.3, 0.4) is 0 Å². The smallest absolute Gasteiger partial charge is 0.302 e. The van der Waals surface area contributed by atoms with Crippen molar-refractivity contribution in [2.75, 3.05) is 52.3 Å². The number of benzene rings is 2. The molecule has 0 saturated carbocycles. The predicted molar refractivity (Wildman–Crippen MR) is 164 cm³/mol. The van der Waals surface area contributed by atoms with Crippen LogP contribution in [0.25, 0.3) is 10.9 Å². The molecule has 0 unspecified atom stereocenters. The molecule has 2 heterocycles. The van der Waals surface area contributed by atoms with E-state index in [1.54, 1.807) is 0 Å². The van der Waals surface area contributed by atoms with Gasteiger partial charge >= 0.3 is 5.97 Å². The third-order valence-corrected chi connectivity index (χ3v) is 7.73. The fourth-order valence-electron chi connectivity index (χ4n) is 4.77. The van der Waals surface area contributed by atoms with E-state index in [1.807, 2.05) is 38.1 Å². The summed E-state index contributed by atoms with van der Waals surface area (Å²) in [4.78, 5) is 36.8. The molecule has 1 aromatic heterocycles. The van der Waals surface area contributed by atoms with Gasteiger partial charge in [0, 0.05) is 50.1 Å². The number of carbonyl (C=O) groups excluding carboxylic acids is 2. The van der Waals surface area contributed by atoms with Gasteiger partial charge in [0.2, 0.25) is 0 Å². The van der Waals surface area contributed by atoms with Crippen molar-refractivity contribution in [1.82, 2.24) is 19.8 Å². The minimum Gasteiger partial charge on any atom is -0.490 e. The number of likely N-dealkylation sites (N-methyl/N-ethyl adjacent to an activating group) is 2. The van der Waals surface area contributed by atoms with Crippen LogP contribution in [0, 0.1) is 5.82 Å². The van der Waals surface area contributed by atoms with E-state index in [9.17, 15) is 14.0 Å². The van der Waals surface area contributed by atoms with Crippen molar-refractivity contribution >= 4 is 45.8 Å². The van der Waals surface area contributed by atoms with Gasteiger partial charge in [0.25, 0.3) is 0 Å². The quantitative estimate of drug-likeness (QED) is 0.262. The highest BCUT2D eigenvalue weighted by Gasteiger charge is 2.21. The van der Waals surface area contributed by atoms with Crippen LogP contribution in [0.1, 0.15) is 45.1 Å². The normalized spacial score (nSPS) is 16.5. The molecule has 0 spiro atoms. The van der Waals surface area contributed by atoms with Crippen molar-refractivity contribution in [1.29, 1.82) is 0 Å². The Morgan fingerprint density at radius 3 is 2.81 bits per heavy atom. The number of hydrogen-bond acceptors (Lipinski definition) is 10. The third-order valence-electron chi connectivity index (χ3n) is 7.44. The number of anilines is 2. The van der Waals surface area contributed by atoms with Crippen molar-refractivity contribution in [3.8, 4) is 11.5 Å². The molecular weight excluding hydrogens is 577 g/mol. The molecule has 43 heavy (non-hydrogen) atoms. The fraction of sp³-hybridized carbons (Fsp3) is 0.484. The minimum atomic E-state index is -0.537. The molecule has 4 rings (SSSR count). The molecule has 3 aromatic rings. The zero-order chi connectivity index (χ0) is 30.9. The maximum absolute atomic E-state index is 14.6. The lowest BCUT2D eigenvalue weighted by molar-refractivity contribution is -0.141. The average molecular weight is 616 g/mol. The van der Waals surface area contributed by atoms with Crippen LogP contribution >= 0.6 is 11.6 Å². The third kappa shape index (κ3) is 8.98. The molecule has 1 N–H and O–H groups in total. The van der Waals surface area contributed by atoms with E-state index >= 15 is 0 Å². The van der Waals surface area contributed by atoms with Gasteiger partial charge in [-0.15, -0.1) is 0 Å². The summed E-state index contributed by atoms with van der Waals surface area (Å²) in [7, 11) is 3.81. The summed E-state index contributed by atoms with van der Waals surface area (Å²) in [6, 6.07) is 6.23. The number of Topliss-reactive ketones (excluding diaryl/α,β-unsaturated/α-hetero) is 1. The van der Waals surface area contributed by atoms with Crippen LogP contribution in [0.5, 0.6) is 11.5 Å². The number of carbonyl (C=O) groups is 2. The zero-order valence-electron chi connectivity index (χ0n) is 25.1. The highest BCUT2D eigenvalue weighted by Crippen LogP contribution is 2.36. The molecular formula is C31H39ClFN5O5. The number of fused-ring (bicyclic) bond motifs is 2. The van der Waals surface area contributed by atoms with E-state index in [0.29, 0.717) is 91.6 Å². The molecule has 0 aliphatic carbocycles. The van der Waals surface area contributed by atoms with Crippen molar-refractivity contribution in [2.45, 2.75) is 52.1 Å². The maximum Gasteiger partial charge on any atom is 0.302 e. The number of hydrogen-bond donors (Lipinski definition) is 1. The van der Waals surface area contributed by atoms with E-state index in [-0.39, 0.29) is 22.8 Å². The number of nitrogens with zero attached hydrogens (tertiary/aromatic N) is 4. The summed E-state index contributed by atoms with van der Waals surface area (Å²) in [5.74, 6) is 0.875. The van der Waals surface area contributed by atoms with Gasteiger partial charge in [0.1, 0.15) is 30.4 Å². The Bertz CT molecular complexity index is 1440. The average Bonchev–Trinajstić information content (AvgIpc) is 2.96. The Hall–Kier alpha value is -3.54. The summed E-state index contributed by atoms with van der Waals surface area (Å²) >= 11 is 6.18. The maximum atomic E-state index is 14.6. The second-order valence-corrected chi connectivity index (χ2v) is 11.2. The molecule has 0 amide bonds. The SMILES string of the molecule is CC(=O)OCCN(C)CCCOc1cc2ncnc3c2cc1OCCCCC(=O)[C@H](C)N(C)Cc1cc(F)c(Cl)cc1N3. The first-order valence-corrected chi connectivity index (χ1v) is 14.8. The van der Waals surface area contributed by atoms with Crippen LogP contribution in [0.4, 0.5) is 15.9 Å². The van der Waals surface area contributed by atoms with Crippen LogP contribution in [-0.4, -0.2) is 84.6 Å². The van der Waals surface area contributed by atoms with Gasteiger partial charge in [-0.2, -0.15) is 0 Å². The number of rotatable bonds is 8. The molecule has 0 fully saturated rings. The van der Waals surface area contributed by atoms with Crippen molar-refractivity contribution in [2.24, 2.45) is 0 Å². The molecule has 232 valence electrons. The molecule has 1 atom stereocenters. The van der Waals surface area contributed by atoms with E-state index in [0.717, 1.165) is 13.0 Å². The highest BCUT2D eigenvalue weighted by molar-refractivity contribution is 6.31. The number of halogens is 2. The Kier molecular flexibility index (Phi) is 11.5. The Balaban J connectivity index is 1.60. The molecule has 2 bridgehead atoms. The van der Waals surface area contributed by atoms with E-state index in [1.165, 1.54) is 25.4 Å². The second kappa shape index (κ2) is 15.3. The van der Waals surface area contributed by atoms with E-state index in [2.05, 4.69) is 20.2 Å². The summed E-state index contributed by atoms with van der Waals surface area (Å²) in [6.07, 6.45) is 3.97. The lowest BCUT2D eigenvalue weighted by atomic mass is 10.1. The largest absolute Gasteiger partial charge is 0.490 e. The summed E-state index contributed by atoms with van der Waals surface area (Å²) in [5.41, 5.74) is 1.85. The second-order valence-electron chi connectivity index (χ2n) is 10.8. The summed E-state index contributed by atoms with van der Waals surface area (Å²) < 4.78 is 31.9. The van der Waals surface area contributed by atoms with Crippen molar-refractivity contribution in [3.63, 3.8) is 0 Å². The molecule has 0 radical (unpaired) electrons. The van der Waals surface area contributed by atoms with Gasteiger partial charge < -0.3 is 24.4 Å². The summed E-state index contributed by atoms with van der Waals surface area (Å²) in [6.45, 7) is 6.17. The minimum absolute atomic E-state index is 0.0254. The Labute approximate surface area is 256 Å². The Morgan fingerprint density at radius 2 is 2.02 bits per heavy atom. The standard InChI is InChI=1S/C31H39ClFN5O5/c1-20-28(40)8-5-6-11-42-29-15-23-27(17-30(29)43-12-7-9-37(3)10-13-41-21(2)39)34-19-35-31(23)36-26-16-24(32)25(33)14-22(26)18-38(20)4/h14-17,19-20H,5-13,18H2,1-4H3,(H,34,35,36)/t20-/m0/s1. The van der Waals surface area contributed by atoms with Crippen LogP contribution in [-0.2, 0) is 20.9 Å². The zero-order valence-corrected chi connectivity index (χ0v) is 25.9. The lowest BCUT2D eigenvalue weighted by Crippen LogP contribution is -2.35. The molecule has 12 heteroatoms. The molecule has 0 saturated heterocycles. The first-order chi connectivity index (χ1) is 20.6. The van der Waals surface area contributed by atoms with Crippen LogP contribution < -0.4 is 14.8 Å². The monoisotopic (exact) mass is 615 g/mol. The number of aromatic nitrogens is 2. The summed E-state index contributed by atoms with van der Waals surface area (Å²) in [5, 5.41) is 3.99. The van der Waals surface area contributed by atoms with E-state index < -0.39 is 5.82 Å². The first-order valence-electron chi connectivity index (χ1n) is 14.5. The van der Waals surface area contributed by atoms with Gasteiger partial charge in [0.15, 0.2) is 11.5 Å². The van der Waals surface area contributed by atoms with Gasteiger partial charge in [-0.05, 0) is 64.0 Å². The number of ketones is 1. The first kappa shape index (κ1) is 32.4. The van der Waals surface area contributed by atoms with Crippen molar-refractivity contribution < 1.29 is 28.2 Å². The number of ether oxygens (including phenoxy) is 3. The van der Waals surface area contributed by atoms with Gasteiger partial charge in [-0.3, -0.25) is 14.5 Å². The fourth-order valence-corrected chi connectivity index (χ4v) is 4.93. The molecule has 1 aliphatic heterocycles. The topological polar surface area (TPSA) is 106 Å². The van der Waals surface area contributed by atoms with Crippen LogP contribution in [0.2, 0.25) is 5.02 Å². The number of esters is 1. The molecule has 10 nitrogen and oxygen atoms in total.